The molecule has 41 heavy (non-hydrogen) atoms. The van der Waals surface area contributed by atoms with Gasteiger partial charge in [-0.3, -0.25) is 13.9 Å². The molecule has 4 rings (SSSR count). The van der Waals surface area contributed by atoms with Gasteiger partial charge < -0.3 is 4.74 Å². The van der Waals surface area contributed by atoms with Crippen molar-refractivity contribution in [3.8, 4) is 0 Å². The van der Waals surface area contributed by atoms with Gasteiger partial charge in [-0.1, -0.05) is 34.6 Å². The Morgan fingerprint density at radius 1 is 0.829 bits per heavy atom. The number of hydrogen-bond donors (Lipinski definition) is 2. The lowest BCUT2D eigenvalue weighted by Gasteiger charge is -2.62. The van der Waals surface area contributed by atoms with E-state index in [0.717, 1.165) is 38.5 Å². The molecule has 4 unspecified atom stereocenters. The van der Waals surface area contributed by atoms with E-state index in [1.165, 1.54) is 6.92 Å². The van der Waals surface area contributed by atoms with E-state index >= 15 is 0 Å². The fourth-order valence-corrected chi connectivity index (χ4v) is 11.1. The van der Waals surface area contributed by atoms with Crippen LogP contribution in [0.25, 0.3) is 0 Å². The second-order valence-electron chi connectivity index (χ2n) is 14.4. The van der Waals surface area contributed by atoms with Crippen LogP contribution in [-0.4, -0.2) is 50.2 Å². The predicted octanol–water partition coefficient (Wildman–Crippen LogP) is 5.64. The van der Waals surface area contributed by atoms with Crippen molar-refractivity contribution in [2.24, 2.45) is 52.3 Å². The summed E-state index contributed by atoms with van der Waals surface area (Å²) in [5.41, 5.74) is -0.339. The van der Waals surface area contributed by atoms with Crippen LogP contribution in [0.1, 0.15) is 106 Å². The molecule has 4 aliphatic rings. The van der Waals surface area contributed by atoms with E-state index in [2.05, 4.69) is 34.6 Å². The summed E-state index contributed by atoms with van der Waals surface area (Å²) in [6.45, 7) is 12.6. The lowest BCUT2D eigenvalue weighted by atomic mass is 9.43. The molecule has 0 aromatic heterocycles. The highest BCUT2D eigenvalue weighted by Crippen LogP contribution is 2.69. The molecular formula is C29H50O10S2. The topological polar surface area (TPSA) is 154 Å². The van der Waals surface area contributed by atoms with Crippen molar-refractivity contribution in [2.75, 3.05) is 0 Å². The van der Waals surface area contributed by atoms with Gasteiger partial charge in [0.2, 0.25) is 0 Å². The molecule has 2 N–H and O–H groups in total. The number of esters is 1. The molecular weight excluding hydrogens is 572 g/mol. The van der Waals surface area contributed by atoms with E-state index in [0.29, 0.717) is 37.0 Å². The minimum Gasteiger partial charge on any atom is -0.462 e. The van der Waals surface area contributed by atoms with E-state index in [1.807, 2.05) is 0 Å². The van der Waals surface area contributed by atoms with E-state index in [4.69, 9.17) is 13.1 Å². The average molecular weight is 623 g/mol. The molecule has 4 saturated carbocycles. The summed E-state index contributed by atoms with van der Waals surface area (Å²) in [5, 5.41) is 0. The zero-order valence-corrected chi connectivity index (χ0v) is 27.0. The smallest absolute Gasteiger partial charge is 0.397 e. The molecule has 0 heterocycles. The van der Waals surface area contributed by atoms with E-state index < -0.39 is 33.0 Å². The molecule has 0 radical (unpaired) electrons. The van der Waals surface area contributed by atoms with E-state index in [-0.39, 0.29) is 53.0 Å². The minimum atomic E-state index is -4.75. The van der Waals surface area contributed by atoms with Gasteiger partial charge >= 0.3 is 26.8 Å². The second-order valence-corrected chi connectivity index (χ2v) is 16.5. The first-order valence-corrected chi connectivity index (χ1v) is 18.1. The quantitative estimate of drug-likeness (QED) is 0.231. The largest absolute Gasteiger partial charge is 0.462 e. The van der Waals surface area contributed by atoms with Crippen molar-refractivity contribution >= 4 is 26.8 Å². The highest BCUT2D eigenvalue weighted by molar-refractivity contribution is 7.81. The molecule has 0 aliphatic heterocycles. The molecule has 0 bridgehead atoms. The maximum absolute atomic E-state index is 12.0. The summed E-state index contributed by atoms with van der Waals surface area (Å²) in [6, 6.07) is 0. The lowest BCUT2D eigenvalue weighted by molar-refractivity contribution is -0.168. The Morgan fingerprint density at radius 3 is 2.02 bits per heavy atom. The third-order valence-electron chi connectivity index (χ3n) is 11.7. The summed E-state index contributed by atoms with van der Waals surface area (Å²) in [5.74, 6) is 1.25. The third kappa shape index (κ3) is 7.14. The van der Waals surface area contributed by atoms with Gasteiger partial charge in [0, 0.05) is 6.92 Å². The molecule has 4 aliphatic carbocycles. The van der Waals surface area contributed by atoms with Crippen molar-refractivity contribution in [1.82, 2.24) is 0 Å². The number of carbonyl (C=O) groups excluding carboxylic acids is 1. The fraction of sp³-hybridized carbons (Fsp3) is 0.966. The van der Waals surface area contributed by atoms with Crippen LogP contribution in [-0.2, 0) is 38.7 Å². The molecule has 238 valence electrons. The zero-order valence-electron chi connectivity index (χ0n) is 25.3. The molecule has 0 saturated heterocycles. The van der Waals surface area contributed by atoms with Crippen LogP contribution in [0.15, 0.2) is 0 Å². The summed E-state index contributed by atoms with van der Waals surface area (Å²) < 4.78 is 82.0. The molecule has 10 nitrogen and oxygen atoms in total. The summed E-state index contributed by atoms with van der Waals surface area (Å²) in [7, 11) is -9.40. The van der Waals surface area contributed by atoms with Crippen molar-refractivity contribution < 1.29 is 43.8 Å². The predicted molar refractivity (Wildman–Crippen MR) is 152 cm³/mol. The Kier molecular flexibility index (Phi) is 9.65. The number of rotatable bonds is 10. The maximum Gasteiger partial charge on any atom is 0.397 e. The van der Waals surface area contributed by atoms with Crippen LogP contribution in [0.3, 0.4) is 0 Å². The molecule has 11 atom stereocenters. The van der Waals surface area contributed by atoms with Crippen molar-refractivity contribution in [2.45, 2.75) is 124 Å². The lowest BCUT2D eigenvalue weighted by Crippen LogP contribution is -2.59. The molecule has 0 aromatic carbocycles. The Bertz CT molecular complexity index is 1170. The highest BCUT2D eigenvalue weighted by atomic mass is 32.3. The van der Waals surface area contributed by atoms with Gasteiger partial charge in [-0.15, -0.1) is 0 Å². The van der Waals surface area contributed by atoms with Gasteiger partial charge in [0.15, 0.2) is 0 Å². The Morgan fingerprint density at radius 2 is 1.44 bits per heavy atom. The van der Waals surface area contributed by atoms with Gasteiger partial charge in [0.05, 0.1) is 12.2 Å². The zero-order chi connectivity index (χ0) is 30.5. The first-order chi connectivity index (χ1) is 18.8. The molecule has 4 fully saturated rings. The SMILES string of the molecule is CC(=O)O[C@H](CCC(C)C)[C@@H](C)[C@H]1CCC2C3C[C@H](OS(=O)(=O)O)C4C[C@@H](OS(=O)(=O)O)CC[C@]4(C)C3CC[C@@]21C. The van der Waals surface area contributed by atoms with Gasteiger partial charge in [-0.25, -0.2) is 8.37 Å². The van der Waals surface area contributed by atoms with Gasteiger partial charge in [-0.2, -0.15) is 16.8 Å². The third-order valence-corrected chi connectivity index (χ3v) is 12.8. The monoisotopic (exact) mass is 622 g/mol. The first kappa shape index (κ1) is 33.1. The van der Waals surface area contributed by atoms with Crippen LogP contribution in [0.5, 0.6) is 0 Å². The number of fused-ring (bicyclic) bond motifs is 5. The van der Waals surface area contributed by atoms with Gasteiger partial charge in [0.25, 0.3) is 0 Å². The standard InChI is InChI=1S/C29H50O10S2/c1-17(2)7-10-26(37-19(4)30)18(3)22-8-9-23-21-16-27(39-41(34,35)36)25-15-20(38-40(31,32)33)11-13-29(25,6)24(21)12-14-28(22,23)5/h17-18,20-27H,7-16H2,1-6H3,(H,31,32,33)(H,34,35,36)/t18-,20-,21?,22+,23?,24?,25?,26+,27-,28+,29+/m0/s1. The summed E-state index contributed by atoms with van der Waals surface area (Å²) in [4.78, 5) is 12.0. The second kappa shape index (κ2) is 12.0. The summed E-state index contributed by atoms with van der Waals surface area (Å²) >= 11 is 0. The van der Waals surface area contributed by atoms with Gasteiger partial charge in [-0.05, 0) is 116 Å². The summed E-state index contributed by atoms with van der Waals surface area (Å²) in [6.07, 6.45) is 5.77. The number of hydrogen-bond acceptors (Lipinski definition) is 8. The highest BCUT2D eigenvalue weighted by Gasteiger charge is 2.63. The van der Waals surface area contributed by atoms with Crippen LogP contribution in [0.4, 0.5) is 0 Å². The number of carbonyl (C=O) groups is 1. The minimum absolute atomic E-state index is 0.00602. The van der Waals surface area contributed by atoms with Gasteiger partial charge in [0.1, 0.15) is 6.10 Å². The van der Waals surface area contributed by atoms with Crippen molar-refractivity contribution in [3.63, 3.8) is 0 Å². The molecule has 12 heteroatoms. The number of ether oxygens (including phenoxy) is 1. The van der Waals surface area contributed by atoms with Crippen molar-refractivity contribution in [3.05, 3.63) is 0 Å². The Hall–Kier alpha value is -0.790. The van der Waals surface area contributed by atoms with E-state index in [1.54, 1.807) is 0 Å². The Balaban J connectivity index is 1.61. The van der Waals surface area contributed by atoms with Crippen LogP contribution >= 0.6 is 0 Å². The van der Waals surface area contributed by atoms with Crippen LogP contribution in [0, 0.1) is 52.3 Å². The molecule has 0 amide bonds. The van der Waals surface area contributed by atoms with Crippen LogP contribution in [0.2, 0.25) is 0 Å². The Labute approximate surface area is 246 Å². The molecule has 0 spiro atoms. The van der Waals surface area contributed by atoms with E-state index in [9.17, 15) is 30.7 Å². The average Bonchev–Trinajstić information content (AvgIpc) is 3.17. The molecule has 0 aromatic rings. The van der Waals surface area contributed by atoms with Crippen molar-refractivity contribution in [1.29, 1.82) is 0 Å². The maximum atomic E-state index is 12.0. The fourth-order valence-electron chi connectivity index (χ4n) is 10.1. The normalized spacial score (nSPS) is 40.8. The first-order valence-electron chi connectivity index (χ1n) is 15.3. The van der Waals surface area contributed by atoms with Crippen LogP contribution < -0.4 is 0 Å².